The van der Waals surface area contributed by atoms with Crippen LogP contribution in [-0.2, 0) is 4.74 Å². The van der Waals surface area contributed by atoms with Crippen LogP contribution in [0.3, 0.4) is 0 Å². The summed E-state index contributed by atoms with van der Waals surface area (Å²) in [4.78, 5) is 21.3. The van der Waals surface area contributed by atoms with Gasteiger partial charge < -0.3 is 15.0 Å². The van der Waals surface area contributed by atoms with Gasteiger partial charge in [-0.1, -0.05) is 0 Å². The minimum Gasteiger partial charge on any atom is -0.461 e. The first kappa shape index (κ1) is 14.5. The topological polar surface area (TPSA) is 83.0 Å². The fourth-order valence-corrected chi connectivity index (χ4v) is 3.08. The molecule has 0 radical (unpaired) electrons. The number of aromatic nitrogens is 3. The Morgan fingerprint density at radius 2 is 2.25 bits per heavy atom. The molecule has 20 heavy (non-hydrogen) atoms. The number of thiazole rings is 1. The number of esters is 1. The molecule has 0 amide bonds. The van der Waals surface area contributed by atoms with Crippen LogP contribution in [0.2, 0.25) is 0 Å². The van der Waals surface area contributed by atoms with Crippen LogP contribution in [0.4, 0.5) is 5.82 Å². The van der Waals surface area contributed by atoms with Crippen LogP contribution in [0.15, 0.2) is 6.33 Å². The summed E-state index contributed by atoms with van der Waals surface area (Å²) >= 11 is 1.62. The Kier molecular flexibility index (Phi) is 4.08. The number of imidazole rings is 1. The van der Waals surface area contributed by atoms with Crippen molar-refractivity contribution in [3.8, 4) is 0 Å². The summed E-state index contributed by atoms with van der Waals surface area (Å²) < 4.78 is 6.70. The number of nitrogens with two attached hydrogens (primary N) is 1. The number of rotatable bonds is 4. The molecule has 1 atom stereocenters. The van der Waals surface area contributed by atoms with Crippen molar-refractivity contribution >= 4 is 23.1 Å². The van der Waals surface area contributed by atoms with Crippen molar-refractivity contribution in [1.29, 1.82) is 0 Å². The van der Waals surface area contributed by atoms with E-state index in [1.165, 1.54) is 0 Å². The standard InChI is InChI=1S/C13H18N4O2S/c1-5-19-13(18)10-12(14)17(6-15-10)8(3)11-7(2)16-9(4)20-11/h6,8H,5,14H2,1-4H3. The fraction of sp³-hybridized carbons (Fsp3) is 0.462. The monoisotopic (exact) mass is 294 g/mol. The van der Waals surface area contributed by atoms with Crippen molar-refractivity contribution in [3.05, 3.63) is 27.6 Å². The van der Waals surface area contributed by atoms with E-state index in [4.69, 9.17) is 10.5 Å². The molecule has 0 aliphatic rings. The third-order valence-electron chi connectivity index (χ3n) is 3.04. The van der Waals surface area contributed by atoms with Gasteiger partial charge in [-0.15, -0.1) is 11.3 Å². The van der Waals surface area contributed by atoms with Gasteiger partial charge in [0.1, 0.15) is 5.82 Å². The second-order valence-corrected chi connectivity index (χ2v) is 5.70. The van der Waals surface area contributed by atoms with Gasteiger partial charge in [-0.05, 0) is 27.7 Å². The summed E-state index contributed by atoms with van der Waals surface area (Å²) in [6, 6.07) is -0.0168. The Bertz CT molecular complexity index is 632. The maximum Gasteiger partial charge on any atom is 0.360 e. The highest BCUT2D eigenvalue weighted by atomic mass is 32.1. The highest BCUT2D eigenvalue weighted by Gasteiger charge is 2.22. The lowest BCUT2D eigenvalue weighted by Gasteiger charge is -2.14. The molecule has 0 aliphatic heterocycles. The molecule has 2 aromatic heterocycles. The predicted molar refractivity (Wildman–Crippen MR) is 78.0 cm³/mol. The first-order chi connectivity index (χ1) is 9.45. The summed E-state index contributed by atoms with van der Waals surface area (Å²) in [7, 11) is 0. The minimum atomic E-state index is -0.492. The molecule has 0 aliphatic carbocycles. The van der Waals surface area contributed by atoms with E-state index < -0.39 is 5.97 Å². The molecule has 0 spiro atoms. The number of carbonyl (C=O) groups is 1. The van der Waals surface area contributed by atoms with Crippen LogP contribution >= 0.6 is 11.3 Å². The highest BCUT2D eigenvalue weighted by Crippen LogP contribution is 2.30. The number of aryl methyl sites for hydroxylation is 2. The lowest BCUT2D eigenvalue weighted by Crippen LogP contribution is -2.12. The van der Waals surface area contributed by atoms with Gasteiger partial charge in [0.2, 0.25) is 0 Å². The molecular formula is C13H18N4O2S. The number of hydrogen-bond acceptors (Lipinski definition) is 6. The van der Waals surface area contributed by atoms with E-state index in [1.807, 2.05) is 20.8 Å². The van der Waals surface area contributed by atoms with Gasteiger partial charge >= 0.3 is 5.97 Å². The maximum absolute atomic E-state index is 11.7. The van der Waals surface area contributed by atoms with Gasteiger partial charge in [-0.25, -0.2) is 14.8 Å². The minimum absolute atomic E-state index is 0.0168. The van der Waals surface area contributed by atoms with Crippen molar-refractivity contribution in [2.24, 2.45) is 0 Å². The van der Waals surface area contributed by atoms with Crippen molar-refractivity contribution in [1.82, 2.24) is 14.5 Å². The van der Waals surface area contributed by atoms with E-state index in [2.05, 4.69) is 9.97 Å². The van der Waals surface area contributed by atoms with Crippen LogP contribution < -0.4 is 5.73 Å². The fourth-order valence-electron chi connectivity index (χ4n) is 2.10. The summed E-state index contributed by atoms with van der Waals surface area (Å²) in [5, 5.41) is 1.01. The molecule has 2 N–H and O–H groups in total. The van der Waals surface area contributed by atoms with Gasteiger partial charge in [-0.2, -0.15) is 0 Å². The lowest BCUT2D eigenvalue weighted by atomic mass is 10.2. The number of hydrogen-bond donors (Lipinski definition) is 1. The Hall–Kier alpha value is -1.89. The number of nitrogen functional groups attached to an aromatic ring is 1. The van der Waals surface area contributed by atoms with Crippen LogP contribution in [0.1, 0.15) is 46.0 Å². The number of nitrogens with zero attached hydrogens (tertiary/aromatic N) is 3. The SMILES string of the molecule is CCOC(=O)c1ncn(C(C)c2sc(C)nc2C)c1N. The van der Waals surface area contributed by atoms with E-state index in [9.17, 15) is 4.79 Å². The normalized spacial score (nSPS) is 12.4. The van der Waals surface area contributed by atoms with Crippen LogP contribution in [0.25, 0.3) is 0 Å². The van der Waals surface area contributed by atoms with Crippen LogP contribution in [0, 0.1) is 13.8 Å². The molecule has 0 saturated carbocycles. The van der Waals surface area contributed by atoms with Gasteiger partial charge in [0.05, 0.1) is 34.6 Å². The quantitative estimate of drug-likeness (QED) is 0.875. The lowest BCUT2D eigenvalue weighted by molar-refractivity contribution is 0.0521. The number of carbonyl (C=O) groups excluding carboxylic acids is 1. The average Bonchev–Trinajstić information content (AvgIpc) is 2.92. The molecule has 0 bridgehead atoms. The average molecular weight is 294 g/mol. The Morgan fingerprint density at radius 1 is 1.55 bits per heavy atom. The molecule has 108 valence electrons. The van der Waals surface area contributed by atoms with E-state index >= 15 is 0 Å². The first-order valence-corrected chi connectivity index (χ1v) is 7.20. The molecule has 7 heteroatoms. The second-order valence-electron chi connectivity index (χ2n) is 4.46. The molecule has 0 aromatic carbocycles. The molecule has 0 fully saturated rings. The van der Waals surface area contributed by atoms with Gasteiger partial charge in [-0.3, -0.25) is 0 Å². The summed E-state index contributed by atoms with van der Waals surface area (Å²) in [5.74, 6) is -0.172. The van der Waals surface area contributed by atoms with E-state index in [0.29, 0.717) is 12.4 Å². The van der Waals surface area contributed by atoms with Crippen LogP contribution in [-0.4, -0.2) is 27.1 Å². The molecule has 2 aromatic rings. The zero-order valence-corrected chi connectivity index (χ0v) is 12.8. The van der Waals surface area contributed by atoms with Crippen molar-refractivity contribution < 1.29 is 9.53 Å². The molecular weight excluding hydrogens is 276 g/mol. The zero-order valence-electron chi connectivity index (χ0n) is 12.0. The van der Waals surface area contributed by atoms with E-state index in [0.717, 1.165) is 15.6 Å². The molecule has 0 saturated heterocycles. The molecule has 6 nitrogen and oxygen atoms in total. The predicted octanol–water partition coefficient (Wildman–Crippen LogP) is 2.32. The van der Waals surface area contributed by atoms with E-state index in [1.54, 1.807) is 29.2 Å². The zero-order chi connectivity index (χ0) is 14.9. The van der Waals surface area contributed by atoms with Crippen molar-refractivity contribution in [2.45, 2.75) is 33.7 Å². The Labute approximate surface area is 121 Å². The summed E-state index contributed by atoms with van der Waals surface area (Å²) in [6.07, 6.45) is 1.57. The second kappa shape index (κ2) is 5.62. The Morgan fingerprint density at radius 3 is 2.80 bits per heavy atom. The Balaban J connectivity index is 2.34. The largest absolute Gasteiger partial charge is 0.461 e. The smallest absolute Gasteiger partial charge is 0.360 e. The number of anilines is 1. The van der Waals surface area contributed by atoms with Gasteiger partial charge in [0, 0.05) is 0 Å². The van der Waals surface area contributed by atoms with Crippen molar-refractivity contribution in [2.75, 3.05) is 12.3 Å². The summed E-state index contributed by atoms with van der Waals surface area (Å²) in [5.41, 5.74) is 7.16. The van der Waals surface area contributed by atoms with E-state index in [-0.39, 0.29) is 11.7 Å². The third-order valence-corrected chi connectivity index (χ3v) is 4.28. The maximum atomic E-state index is 11.7. The summed E-state index contributed by atoms with van der Waals surface area (Å²) in [6.45, 7) is 7.99. The van der Waals surface area contributed by atoms with Crippen molar-refractivity contribution in [3.63, 3.8) is 0 Å². The van der Waals surface area contributed by atoms with Gasteiger partial charge in [0.25, 0.3) is 0 Å². The molecule has 2 heterocycles. The number of ether oxygens (including phenoxy) is 1. The van der Waals surface area contributed by atoms with Gasteiger partial charge in [0.15, 0.2) is 5.69 Å². The van der Waals surface area contributed by atoms with Crippen LogP contribution in [0.5, 0.6) is 0 Å². The highest BCUT2D eigenvalue weighted by molar-refractivity contribution is 7.11. The first-order valence-electron chi connectivity index (χ1n) is 6.39. The molecule has 1 unspecified atom stereocenters. The third kappa shape index (κ3) is 2.53. The molecule has 2 rings (SSSR count).